The van der Waals surface area contributed by atoms with Gasteiger partial charge >= 0.3 is 6.18 Å². The van der Waals surface area contributed by atoms with Gasteiger partial charge in [-0.25, -0.2) is 0 Å². The number of nitrogens with zero attached hydrogens (tertiary/aromatic N) is 1. The van der Waals surface area contributed by atoms with Crippen molar-refractivity contribution in [1.82, 2.24) is 15.6 Å². The predicted octanol–water partition coefficient (Wildman–Crippen LogP) is 4.51. The van der Waals surface area contributed by atoms with Gasteiger partial charge in [0.25, 0.3) is 0 Å². The smallest absolute Gasteiger partial charge is 0.313 e. The summed E-state index contributed by atoms with van der Waals surface area (Å²) in [7, 11) is 0. The van der Waals surface area contributed by atoms with Crippen molar-refractivity contribution in [3.8, 4) is 0 Å². The second-order valence-corrected chi connectivity index (χ2v) is 8.25. The van der Waals surface area contributed by atoms with Crippen molar-refractivity contribution in [2.75, 3.05) is 13.1 Å². The van der Waals surface area contributed by atoms with Crippen molar-refractivity contribution in [2.45, 2.75) is 50.4 Å². The van der Waals surface area contributed by atoms with Gasteiger partial charge < -0.3 is 10.6 Å². The number of hydrogen-bond donors (Lipinski definition) is 2. The van der Waals surface area contributed by atoms with E-state index in [0.717, 1.165) is 24.7 Å². The lowest BCUT2D eigenvalue weighted by molar-refractivity contribution is -0.141. The van der Waals surface area contributed by atoms with Crippen LogP contribution in [0.1, 0.15) is 48.4 Å². The summed E-state index contributed by atoms with van der Waals surface area (Å²) in [6, 6.07) is 13.8. The van der Waals surface area contributed by atoms with Gasteiger partial charge in [-0.1, -0.05) is 42.8 Å². The first kappa shape index (κ1) is 19.4. The summed E-state index contributed by atoms with van der Waals surface area (Å²) in [5, 5.41) is 7.17. The Kier molecular flexibility index (Phi) is 5.43. The fourth-order valence-electron chi connectivity index (χ4n) is 4.10. The molecule has 0 saturated heterocycles. The van der Waals surface area contributed by atoms with Crippen LogP contribution in [0.3, 0.4) is 0 Å². The summed E-state index contributed by atoms with van der Waals surface area (Å²) in [4.78, 5) is 3.53. The number of alkyl halides is 3. The number of hydrogen-bond acceptors (Lipinski definition) is 3. The summed E-state index contributed by atoms with van der Waals surface area (Å²) in [5.74, 6) is 0.629. The van der Waals surface area contributed by atoms with Crippen molar-refractivity contribution in [3.05, 3.63) is 65.5 Å². The molecule has 1 heterocycles. The molecule has 150 valence electrons. The van der Waals surface area contributed by atoms with E-state index in [2.05, 4.69) is 45.9 Å². The number of nitrogens with one attached hydrogen (secondary N) is 2. The molecule has 2 N–H and O–H groups in total. The first-order valence-corrected chi connectivity index (χ1v) is 9.96. The fourth-order valence-corrected chi connectivity index (χ4v) is 4.10. The Bertz CT molecular complexity index is 770. The van der Waals surface area contributed by atoms with E-state index in [1.54, 1.807) is 0 Å². The van der Waals surface area contributed by atoms with Crippen LogP contribution in [0.2, 0.25) is 0 Å². The van der Waals surface area contributed by atoms with E-state index in [-0.39, 0.29) is 5.41 Å². The Labute approximate surface area is 163 Å². The molecule has 2 aromatic rings. The molecule has 1 aromatic heterocycles. The Morgan fingerprint density at radius 2 is 1.82 bits per heavy atom. The highest BCUT2D eigenvalue weighted by Gasteiger charge is 2.42. The highest BCUT2D eigenvalue weighted by atomic mass is 19.4. The summed E-state index contributed by atoms with van der Waals surface area (Å²) in [6.07, 6.45) is 1.77. The lowest BCUT2D eigenvalue weighted by Gasteiger charge is -2.42. The number of pyridine rings is 1. The van der Waals surface area contributed by atoms with E-state index in [4.69, 9.17) is 0 Å². The average Bonchev–Trinajstić information content (AvgIpc) is 3.43. The molecule has 0 aliphatic heterocycles. The molecule has 6 heteroatoms. The van der Waals surface area contributed by atoms with Crippen LogP contribution < -0.4 is 10.6 Å². The van der Waals surface area contributed by atoms with Gasteiger partial charge in [-0.2, -0.15) is 13.2 Å². The van der Waals surface area contributed by atoms with E-state index in [9.17, 15) is 13.2 Å². The lowest BCUT2D eigenvalue weighted by Crippen LogP contribution is -2.47. The standard InChI is InChI=1S/C22H26F3N3/c23-22(24,25)20-8-7-16(13-27-20)12-26-14-21(9-4-10-21)15-28-19-11-18(19)17-5-2-1-3-6-17/h1-3,5-8,13,18-19,26,28H,4,9-12,14-15H2/t18?,19-/m0/s1. The van der Waals surface area contributed by atoms with Crippen molar-refractivity contribution >= 4 is 0 Å². The SMILES string of the molecule is FC(F)(F)c1ccc(CNCC2(CN[C@H]3CC3c3ccccc3)CCC2)cn1. The third-order valence-corrected chi connectivity index (χ3v) is 6.12. The van der Waals surface area contributed by atoms with E-state index in [1.165, 1.54) is 43.5 Å². The number of halogens is 3. The van der Waals surface area contributed by atoms with Gasteiger partial charge in [-0.05, 0) is 41.9 Å². The van der Waals surface area contributed by atoms with Gasteiger partial charge in [0, 0.05) is 37.8 Å². The maximum Gasteiger partial charge on any atom is 0.433 e. The van der Waals surface area contributed by atoms with Crippen molar-refractivity contribution in [1.29, 1.82) is 0 Å². The molecule has 0 radical (unpaired) electrons. The number of aromatic nitrogens is 1. The van der Waals surface area contributed by atoms with E-state index in [1.807, 2.05) is 0 Å². The zero-order chi connectivity index (χ0) is 19.6. The zero-order valence-electron chi connectivity index (χ0n) is 15.8. The Hall–Kier alpha value is -1.92. The van der Waals surface area contributed by atoms with Crippen LogP contribution in [-0.2, 0) is 12.7 Å². The van der Waals surface area contributed by atoms with Crippen LogP contribution in [-0.4, -0.2) is 24.1 Å². The molecular formula is C22H26F3N3. The highest BCUT2D eigenvalue weighted by molar-refractivity contribution is 5.27. The molecule has 1 aromatic carbocycles. The molecule has 2 saturated carbocycles. The summed E-state index contributed by atoms with van der Waals surface area (Å²) >= 11 is 0. The molecule has 3 nitrogen and oxygen atoms in total. The minimum Gasteiger partial charge on any atom is -0.313 e. The van der Waals surface area contributed by atoms with Crippen LogP contribution in [0.25, 0.3) is 0 Å². The lowest BCUT2D eigenvalue weighted by atomic mass is 9.68. The van der Waals surface area contributed by atoms with E-state index in [0.29, 0.717) is 18.5 Å². The molecule has 4 rings (SSSR count). The van der Waals surface area contributed by atoms with Gasteiger partial charge in [0.2, 0.25) is 0 Å². The maximum atomic E-state index is 12.6. The zero-order valence-corrected chi connectivity index (χ0v) is 15.8. The van der Waals surface area contributed by atoms with Crippen LogP contribution in [0.4, 0.5) is 13.2 Å². The maximum absolute atomic E-state index is 12.6. The van der Waals surface area contributed by atoms with Crippen molar-refractivity contribution in [3.63, 3.8) is 0 Å². The quantitative estimate of drug-likeness (QED) is 0.698. The van der Waals surface area contributed by atoms with E-state index >= 15 is 0 Å². The summed E-state index contributed by atoms with van der Waals surface area (Å²) in [5.41, 5.74) is 1.62. The Balaban J connectivity index is 1.22. The number of benzene rings is 1. The van der Waals surface area contributed by atoms with Gasteiger partial charge in [0.15, 0.2) is 0 Å². The van der Waals surface area contributed by atoms with Gasteiger partial charge in [0.05, 0.1) is 0 Å². The molecule has 1 unspecified atom stereocenters. The topological polar surface area (TPSA) is 37.0 Å². The first-order valence-electron chi connectivity index (χ1n) is 9.96. The molecule has 0 spiro atoms. The molecule has 0 amide bonds. The minimum absolute atomic E-state index is 0.267. The molecular weight excluding hydrogens is 363 g/mol. The Morgan fingerprint density at radius 3 is 2.43 bits per heavy atom. The first-order chi connectivity index (χ1) is 13.5. The molecule has 2 aliphatic carbocycles. The largest absolute Gasteiger partial charge is 0.433 e. The van der Waals surface area contributed by atoms with Gasteiger partial charge in [-0.15, -0.1) is 0 Å². The second-order valence-electron chi connectivity index (χ2n) is 8.25. The normalized spacial score (nSPS) is 23.2. The third-order valence-electron chi connectivity index (χ3n) is 6.12. The van der Waals surface area contributed by atoms with Gasteiger partial charge in [-0.3, -0.25) is 4.98 Å². The predicted molar refractivity (Wildman–Crippen MR) is 103 cm³/mol. The molecule has 2 fully saturated rings. The van der Waals surface area contributed by atoms with Gasteiger partial charge in [0.1, 0.15) is 5.69 Å². The monoisotopic (exact) mass is 389 g/mol. The van der Waals surface area contributed by atoms with Crippen LogP contribution in [0, 0.1) is 5.41 Å². The Morgan fingerprint density at radius 1 is 1.04 bits per heavy atom. The second kappa shape index (κ2) is 7.84. The van der Waals surface area contributed by atoms with Crippen molar-refractivity contribution in [2.24, 2.45) is 5.41 Å². The van der Waals surface area contributed by atoms with Crippen LogP contribution >= 0.6 is 0 Å². The summed E-state index contributed by atoms with van der Waals surface area (Å²) in [6.45, 7) is 2.42. The minimum atomic E-state index is -4.38. The molecule has 28 heavy (non-hydrogen) atoms. The molecule has 2 atom stereocenters. The summed E-state index contributed by atoms with van der Waals surface area (Å²) < 4.78 is 37.8. The van der Waals surface area contributed by atoms with E-state index < -0.39 is 11.9 Å². The average molecular weight is 389 g/mol. The molecule has 2 aliphatic rings. The van der Waals surface area contributed by atoms with Crippen LogP contribution in [0.5, 0.6) is 0 Å². The van der Waals surface area contributed by atoms with Crippen molar-refractivity contribution < 1.29 is 13.2 Å². The molecule has 0 bridgehead atoms. The van der Waals surface area contributed by atoms with Crippen LogP contribution in [0.15, 0.2) is 48.7 Å². The number of rotatable bonds is 8. The fraction of sp³-hybridized carbons (Fsp3) is 0.500. The third kappa shape index (κ3) is 4.55. The highest BCUT2D eigenvalue weighted by Crippen LogP contribution is 2.44.